The summed E-state index contributed by atoms with van der Waals surface area (Å²) in [6, 6.07) is 18.4. The fourth-order valence-electron chi connectivity index (χ4n) is 3.02. The summed E-state index contributed by atoms with van der Waals surface area (Å²) in [5.74, 6) is -0.592. The van der Waals surface area contributed by atoms with Gasteiger partial charge in [-0.05, 0) is 24.0 Å². The van der Waals surface area contributed by atoms with Crippen LogP contribution in [0.15, 0.2) is 60.7 Å². The molecule has 7 heteroatoms. The summed E-state index contributed by atoms with van der Waals surface area (Å²) in [6.45, 7) is 2.01. The summed E-state index contributed by atoms with van der Waals surface area (Å²) in [6.07, 6.45) is -0.491. The van der Waals surface area contributed by atoms with E-state index in [-0.39, 0.29) is 11.8 Å². The van der Waals surface area contributed by atoms with Crippen LogP contribution in [0.3, 0.4) is 0 Å². The van der Waals surface area contributed by atoms with Crippen molar-refractivity contribution in [3.05, 3.63) is 71.8 Å². The Kier molecular flexibility index (Phi) is 11.3. The van der Waals surface area contributed by atoms with E-state index in [2.05, 4.69) is 10.6 Å². The van der Waals surface area contributed by atoms with E-state index >= 15 is 0 Å². The molecule has 0 aliphatic carbocycles. The molecule has 0 unspecified atom stereocenters. The summed E-state index contributed by atoms with van der Waals surface area (Å²) in [7, 11) is 3.24. The monoisotopic (exact) mass is 428 g/mol. The van der Waals surface area contributed by atoms with Crippen molar-refractivity contribution in [2.24, 2.45) is 0 Å². The Morgan fingerprint density at radius 2 is 1.10 bits per heavy atom. The predicted molar refractivity (Wildman–Crippen MR) is 118 cm³/mol. The van der Waals surface area contributed by atoms with Crippen LogP contribution < -0.4 is 10.6 Å². The normalized spacial score (nSPS) is 12.7. The van der Waals surface area contributed by atoms with Gasteiger partial charge in [0.15, 0.2) is 12.2 Å². The van der Waals surface area contributed by atoms with Gasteiger partial charge in [0.25, 0.3) is 11.8 Å². The number of benzene rings is 2. The fraction of sp³-hybridized carbons (Fsp3) is 0.417. The third-order valence-corrected chi connectivity index (χ3v) is 4.60. The Morgan fingerprint density at radius 3 is 1.45 bits per heavy atom. The predicted octanol–water partition coefficient (Wildman–Crippen LogP) is 2.79. The van der Waals surface area contributed by atoms with E-state index in [1.807, 2.05) is 60.7 Å². The topological polar surface area (TPSA) is 85.9 Å². The average molecular weight is 429 g/mol. The maximum atomic E-state index is 13.0. The molecule has 0 radical (unpaired) electrons. The van der Waals surface area contributed by atoms with Crippen molar-refractivity contribution < 1.29 is 23.8 Å². The number of carbonyl (C=O) groups excluding carboxylic acids is 2. The number of hydrogen-bond acceptors (Lipinski definition) is 5. The maximum Gasteiger partial charge on any atom is 0.253 e. The van der Waals surface area contributed by atoms with E-state index in [1.54, 1.807) is 14.2 Å². The zero-order valence-corrected chi connectivity index (χ0v) is 18.2. The molecule has 2 N–H and O–H groups in total. The van der Waals surface area contributed by atoms with E-state index in [1.165, 1.54) is 0 Å². The molecule has 2 aromatic rings. The first-order chi connectivity index (χ1) is 15.2. The van der Waals surface area contributed by atoms with Crippen LogP contribution in [0, 0.1) is 0 Å². The summed E-state index contributed by atoms with van der Waals surface area (Å²) in [4.78, 5) is 25.9. The van der Waals surface area contributed by atoms with E-state index in [9.17, 15) is 9.59 Å². The van der Waals surface area contributed by atoms with Crippen molar-refractivity contribution >= 4 is 11.8 Å². The number of nitrogens with one attached hydrogen (secondary N) is 2. The molecule has 31 heavy (non-hydrogen) atoms. The number of amides is 2. The van der Waals surface area contributed by atoms with E-state index < -0.39 is 12.2 Å². The molecule has 0 bridgehead atoms. The Balaban J connectivity index is 2.20. The van der Waals surface area contributed by atoms with Crippen LogP contribution in [0.1, 0.15) is 36.2 Å². The highest BCUT2D eigenvalue weighted by Crippen LogP contribution is 2.27. The van der Waals surface area contributed by atoms with Gasteiger partial charge >= 0.3 is 0 Å². The molecular formula is C24H32N2O5. The first-order valence-corrected chi connectivity index (χ1v) is 10.5. The minimum atomic E-state index is -0.932. The minimum absolute atomic E-state index is 0.296. The number of ether oxygens (including phenoxy) is 3. The van der Waals surface area contributed by atoms with Gasteiger partial charge in [-0.15, -0.1) is 0 Å². The second kappa shape index (κ2) is 14.3. The summed E-state index contributed by atoms with van der Waals surface area (Å²) >= 11 is 0. The van der Waals surface area contributed by atoms with E-state index in [0.29, 0.717) is 50.3 Å². The van der Waals surface area contributed by atoms with Gasteiger partial charge in [0, 0.05) is 40.5 Å². The number of methoxy groups -OCH3 is 2. The molecule has 2 atom stereocenters. The molecule has 2 aromatic carbocycles. The largest absolute Gasteiger partial charge is 0.385 e. The van der Waals surface area contributed by atoms with Crippen LogP contribution in [-0.2, 0) is 23.8 Å². The highest BCUT2D eigenvalue weighted by Gasteiger charge is 2.30. The Hall–Kier alpha value is -2.74. The average Bonchev–Trinajstić information content (AvgIpc) is 2.81. The van der Waals surface area contributed by atoms with Gasteiger partial charge in [0.05, 0.1) is 0 Å². The smallest absolute Gasteiger partial charge is 0.253 e. The van der Waals surface area contributed by atoms with Crippen molar-refractivity contribution in [1.82, 2.24) is 10.6 Å². The van der Waals surface area contributed by atoms with Gasteiger partial charge in [-0.25, -0.2) is 0 Å². The molecule has 0 aliphatic rings. The molecule has 0 aromatic heterocycles. The van der Waals surface area contributed by atoms with E-state index in [4.69, 9.17) is 14.2 Å². The zero-order valence-electron chi connectivity index (χ0n) is 18.2. The lowest BCUT2D eigenvalue weighted by Gasteiger charge is -2.24. The van der Waals surface area contributed by atoms with Crippen molar-refractivity contribution in [1.29, 1.82) is 0 Å². The molecule has 7 nitrogen and oxygen atoms in total. The molecule has 0 saturated heterocycles. The zero-order chi connectivity index (χ0) is 22.3. The number of hydrogen-bond donors (Lipinski definition) is 2. The fourth-order valence-corrected chi connectivity index (χ4v) is 3.02. The summed E-state index contributed by atoms with van der Waals surface area (Å²) < 4.78 is 16.2. The third kappa shape index (κ3) is 8.49. The van der Waals surface area contributed by atoms with Crippen LogP contribution in [-0.4, -0.2) is 52.3 Å². The quantitative estimate of drug-likeness (QED) is 0.452. The molecule has 0 fully saturated rings. The van der Waals surface area contributed by atoms with Gasteiger partial charge < -0.3 is 24.8 Å². The van der Waals surface area contributed by atoms with Crippen LogP contribution in [0.25, 0.3) is 0 Å². The third-order valence-electron chi connectivity index (χ3n) is 4.60. The molecule has 2 rings (SSSR count). The molecule has 2 amide bonds. The Bertz CT molecular complexity index is 705. The van der Waals surface area contributed by atoms with Crippen molar-refractivity contribution in [2.45, 2.75) is 25.0 Å². The first kappa shape index (κ1) is 24.5. The van der Waals surface area contributed by atoms with Gasteiger partial charge in [-0.2, -0.15) is 0 Å². The lowest BCUT2D eigenvalue weighted by atomic mass is 10.1. The van der Waals surface area contributed by atoms with Gasteiger partial charge in [-0.1, -0.05) is 60.7 Å². The minimum Gasteiger partial charge on any atom is -0.385 e. The van der Waals surface area contributed by atoms with Gasteiger partial charge in [0.2, 0.25) is 0 Å². The van der Waals surface area contributed by atoms with Crippen LogP contribution >= 0.6 is 0 Å². The van der Waals surface area contributed by atoms with Crippen LogP contribution in [0.5, 0.6) is 0 Å². The highest BCUT2D eigenvalue weighted by molar-refractivity contribution is 5.85. The van der Waals surface area contributed by atoms with Crippen LogP contribution in [0.2, 0.25) is 0 Å². The Labute approximate surface area is 184 Å². The number of carbonyl (C=O) groups is 2. The van der Waals surface area contributed by atoms with Crippen molar-refractivity contribution in [2.75, 3.05) is 40.5 Å². The standard InChI is InChI=1S/C24H32N2O5/c1-29-17-9-15-25-23(27)21(19-11-5-3-6-12-19)31-22(20-13-7-4-8-14-20)24(28)26-16-10-18-30-2/h3-8,11-14,21-22H,9-10,15-18H2,1-2H3,(H,25,27)(H,26,28)/t21-,22-/m0/s1. The van der Waals surface area contributed by atoms with E-state index in [0.717, 1.165) is 0 Å². The van der Waals surface area contributed by atoms with Crippen molar-refractivity contribution in [3.63, 3.8) is 0 Å². The Morgan fingerprint density at radius 1 is 0.710 bits per heavy atom. The highest BCUT2D eigenvalue weighted by atomic mass is 16.5. The van der Waals surface area contributed by atoms with Gasteiger partial charge in [-0.3, -0.25) is 9.59 Å². The molecular weight excluding hydrogens is 396 g/mol. The molecule has 0 saturated carbocycles. The summed E-state index contributed by atoms with van der Waals surface area (Å²) in [5.41, 5.74) is 1.36. The lowest BCUT2D eigenvalue weighted by Crippen LogP contribution is -2.37. The second-order valence-corrected chi connectivity index (χ2v) is 6.99. The molecule has 0 spiro atoms. The number of rotatable bonds is 14. The molecule has 0 heterocycles. The van der Waals surface area contributed by atoms with Crippen LogP contribution in [0.4, 0.5) is 0 Å². The van der Waals surface area contributed by atoms with Crippen molar-refractivity contribution in [3.8, 4) is 0 Å². The maximum absolute atomic E-state index is 13.0. The SMILES string of the molecule is COCCCNC(=O)[C@@H](O[C@H](C(=O)NCCCOC)c1ccccc1)c1ccccc1. The second-order valence-electron chi connectivity index (χ2n) is 6.99. The molecule has 168 valence electrons. The summed E-state index contributed by atoms with van der Waals surface area (Å²) in [5, 5.41) is 5.76. The van der Waals surface area contributed by atoms with Gasteiger partial charge in [0.1, 0.15) is 0 Å². The first-order valence-electron chi connectivity index (χ1n) is 10.5. The lowest BCUT2D eigenvalue weighted by molar-refractivity contribution is -0.147. The molecule has 0 aliphatic heterocycles.